The molecule has 4 N–H and O–H groups in total. The van der Waals surface area contributed by atoms with Crippen LogP contribution in [-0.2, 0) is 4.74 Å². The van der Waals surface area contributed by atoms with Crippen molar-refractivity contribution in [1.29, 1.82) is 0 Å². The van der Waals surface area contributed by atoms with Crippen molar-refractivity contribution in [1.82, 2.24) is 0 Å². The maximum absolute atomic E-state index is 12.3. The van der Waals surface area contributed by atoms with Crippen molar-refractivity contribution in [3.05, 3.63) is 33.8 Å². The number of primary amides is 1. The monoisotopic (exact) mass is 304 g/mol. The van der Waals surface area contributed by atoms with Gasteiger partial charge in [-0.3, -0.25) is 4.79 Å². The van der Waals surface area contributed by atoms with E-state index in [2.05, 4.69) is 0 Å². The van der Waals surface area contributed by atoms with Gasteiger partial charge in [0.1, 0.15) is 0 Å². The number of carbonyl (C=O) groups is 2. The Morgan fingerprint density at radius 3 is 2.42 bits per heavy atom. The lowest BCUT2D eigenvalue weighted by Gasteiger charge is -2.21. The summed E-state index contributed by atoms with van der Waals surface area (Å²) in [5.74, 6) is -0.787. The normalized spacial score (nSPS) is 13.7. The zero-order valence-corrected chi connectivity index (χ0v) is 11.7. The third-order valence-electron chi connectivity index (χ3n) is 2.59. The van der Waals surface area contributed by atoms with Gasteiger partial charge >= 0.3 is 6.09 Å². The molecule has 0 aliphatic heterocycles. The lowest BCUT2D eigenvalue weighted by atomic mass is 9.96. The second-order valence-corrected chi connectivity index (χ2v) is 4.88. The molecule has 0 spiro atoms. The standard InChI is InChI=1S/C12H14Cl2N2O3/c1-6(5-15)11(19-12(16)18)10(17)7-2-3-8(13)9(14)4-7/h2-4,6,11H,5,15H2,1H3,(H2,16,18). The molecular weight excluding hydrogens is 291 g/mol. The average Bonchev–Trinajstić information content (AvgIpc) is 2.37. The van der Waals surface area contributed by atoms with Crippen LogP contribution < -0.4 is 11.5 Å². The number of hydrogen-bond donors (Lipinski definition) is 2. The number of halogens is 2. The van der Waals surface area contributed by atoms with E-state index >= 15 is 0 Å². The van der Waals surface area contributed by atoms with Gasteiger partial charge in [-0.05, 0) is 24.7 Å². The van der Waals surface area contributed by atoms with Gasteiger partial charge in [0.15, 0.2) is 6.10 Å². The predicted molar refractivity (Wildman–Crippen MR) is 73.5 cm³/mol. The highest BCUT2D eigenvalue weighted by Crippen LogP contribution is 2.24. The number of ether oxygens (including phenoxy) is 1. The first-order chi connectivity index (χ1) is 8.86. The fraction of sp³-hybridized carbons (Fsp3) is 0.333. The molecule has 0 bridgehead atoms. The number of amides is 1. The maximum atomic E-state index is 12.3. The minimum atomic E-state index is -1.04. The number of Topliss-reactive ketones (excluding diaryl/α,β-unsaturated/α-hetero) is 1. The fourth-order valence-corrected chi connectivity index (χ4v) is 1.79. The molecule has 19 heavy (non-hydrogen) atoms. The molecule has 2 atom stereocenters. The van der Waals surface area contributed by atoms with Crippen LogP contribution in [0.5, 0.6) is 0 Å². The van der Waals surface area contributed by atoms with E-state index in [9.17, 15) is 9.59 Å². The van der Waals surface area contributed by atoms with Crippen molar-refractivity contribution in [2.45, 2.75) is 13.0 Å². The molecule has 0 aromatic heterocycles. The van der Waals surface area contributed by atoms with Gasteiger partial charge in [0, 0.05) is 11.5 Å². The van der Waals surface area contributed by atoms with Crippen molar-refractivity contribution in [2.75, 3.05) is 6.54 Å². The van der Waals surface area contributed by atoms with Gasteiger partial charge in [-0.25, -0.2) is 4.79 Å². The Balaban J connectivity index is 3.04. The first-order valence-electron chi connectivity index (χ1n) is 5.52. The second-order valence-electron chi connectivity index (χ2n) is 4.06. The minimum Gasteiger partial charge on any atom is -0.438 e. The van der Waals surface area contributed by atoms with E-state index in [-0.39, 0.29) is 23.0 Å². The van der Waals surface area contributed by atoms with E-state index in [1.807, 2.05) is 0 Å². The van der Waals surface area contributed by atoms with E-state index < -0.39 is 18.0 Å². The Morgan fingerprint density at radius 1 is 1.32 bits per heavy atom. The second kappa shape index (κ2) is 6.75. The van der Waals surface area contributed by atoms with Crippen molar-refractivity contribution >= 4 is 35.1 Å². The van der Waals surface area contributed by atoms with Crippen LogP contribution >= 0.6 is 23.2 Å². The van der Waals surface area contributed by atoms with E-state index in [4.69, 9.17) is 39.4 Å². The highest BCUT2D eigenvalue weighted by atomic mass is 35.5. The summed E-state index contributed by atoms with van der Waals surface area (Å²) in [6, 6.07) is 4.40. The molecular formula is C12H14Cl2N2O3. The van der Waals surface area contributed by atoms with Crippen LogP contribution in [-0.4, -0.2) is 24.5 Å². The van der Waals surface area contributed by atoms with Gasteiger partial charge < -0.3 is 16.2 Å². The van der Waals surface area contributed by atoms with E-state index in [0.717, 1.165) is 0 Å². The van der Waals surface area contributed by atoms with Crippen molar-refractivity contribution in [3.8, 4) is 0 Å². The van der Waals surface area contributed by atoms with Crippen LogP contribution in [0.3, 0.4) is 0 Å². The summed E-state index contributed by atoms with van der Waals surface area (Å²) in [4.78, 5) is 23.1. The Morgan fingerprint density at radius 2 is 1.95 bits per heavy atom. The molecule has 5 nitrogen and oxygen atoms in total. The van der Waals surface area contributed by atoms with Crippen LogP contribution in [0, 0.1) is 5.92 Å². The van der Waals surface area contributed by atoms with E-state index in [0.29, 0.717) is 5.02 Å². The molecule has 0 saturated heterocycles. The Hall–Kier alpha value is -1.30. The minimum absolute atomic E-state index is 0.172. The van der Waals surface area contributed by atoms with Gasteiger partial charge in [-0.2, -0.15) is 0 Å². The van der Waals surface area contributed by atoms with Gasteiger partial charge in [-0.1, -0.05) is 30.1 Å². The van der Waals surface area contributed by atoms with Crippen LogP contribution in [0.2, 0.25) is 10.0 Å². The lowest BCUT2D eigenvalue weighted by Crippen LogP contribution is -2.38. The largest absolute Gasteiger partial charge is 0.438 e. The zero-order valence-electron chi connectivity index (χ0n) is 10.2. The molecule has 0 radical (unpaired) electrons. The number of carbonyl (C=O) groups excluding carboxylic acids is 2. The molecule has 1 rings (SSSR count). The molecule has 2 unspecified atom stereocenters. The number of ketones is 1. The summed E-state index contributed by atoms with van der Waals surface area (Å²) in [7, 11) is 0. The first kappa shape index (κ1) is 15.8. The number of hydrogen-bond acceptors (Lipinski definition) is 4. The van der Waals surface area contributed by atoms with Crippen molar-refractivity contribution in [3.63, 3.8) is 0 Å². The summed E-state index contributed by atoms with van der Waals surface area (Å²) >= 11 is 11.6. The number of nitrogens with two attached hydrogens (primary N) is 2. The molecule has 104 valence electrons. The van der Waals surface area contributed by atoms with Gasteiger partial charge in [0.25, 0.3) is 0 Å². The van der Waals surface area contributed by atoms with Crippen molar-refractivity contribution in [2.24, 2.45) is 17.4 Å². The third-order valence-corrected chi connectivity index (χ3v) is 3.33. The molecule has 0 aliphatic carbocycles. The molecule has 0 heterocycles. The Kier molecular flexibility index (Phi) is 5.60. The van der Waals surface area contributed by atoms with Crippen LogP contribution in [0.1, 0.15) is 17.3 Å². The van der Waals surface area contributed by atoms with E-state index in [1.165, 1.54) is 18.2 Å². The average molecular weight is 305 g/mol. The summed E-state index contributed by atoms with van der Waals surface area (Å²) < 4.78 is 4.82. The van der Waals surface area contributed by atoms with Crippen molar-refractivity contribution < 1.29 is 14.3 Å². The predicted octanol–water partition coefficient (Wildman–Crippen LogP) is 2.23. The molecule has 0 aliphatic rings. The highest BCUT2D eigenvalue weighted by molar-refractivity contribution is 6.42. The number of rotatable bonds is 5. The van der Waals surface area contributed by atoms with Crippen LogP contribution in [0.4, 0.5) is 4.79 Å². The lowest BCUT2D eigenvalue weighted by molar-refractivity contribution is 0.0523. The van der Waals surface area contributed by atoms with Crippen LogP contribution in [0.25, 0.3) is 0 Å². The Labute approximate surface area is 120 Å². The number of benzene rings is 1. The van der Waals surface area contributed by atoms with Gasteiger partial charge in [0.05, 0.1) is 10.0 Å². The van der Waals surface area contributed by atoms with Crippen LogP contribution in [0.15, 0.2) is 18.2 Å². The summed E-state index contributed by atoms with van der Waals surface area (Å²) in [6.07, 6.45) is -2.07. The fourth-order valence-electron chi connectivity index (χ4n) is 1.49. The Bertz CT molecular complexity index is 494. The molecule has 1 aromatic carbocycles. The smallest absolute Gasteiger partial charge is 0.405 e. The van der Waals surface area contributed by atoms with Gasteiger partial charge in [0.2, 0.25) is 5.78 Å². The highest BCUT2D eigenvalue weighted by Gasteiger charge is 2.28. The molecule has 7 heteroatoms. The summed E-state index contributed by atoms with van der Waals surface area (Å²) in [5.41, 5.74) is 10.7. The SMILES string of the molecule is CC(CN)C(OC(N)=O)C(=O)c1ccc(Cl)c(Cl)c1. The first-order valence-corrected chi connectivity index (χ1v) is 6.27. The topological polar surface area (TPSA) is 95.4 Å². The molecule has 0 fully saturated rings. The zero-order chi connectivity index (χ0) is 14.6. The molecule has 1 aromatic rings. The third kappa shape index (κ3) is 4.09. The summed E-state index contributed by atoms with van der Waals surface area (Å²) in [6.45, 7) is 1.86. The molecule has 0 saturated carbocycles. The maximum Gasteiger partial charge on any atom is 0.405 e. The van der Waals surface area contributed by atoms with Gasteiger partial charge in [-0.15, -0.1) is 0 Å². The summed E-state index contributed by atoms with van der Waals surface area (Å²) in [5, 5.41) is 0.572. The molecule has 1 amide bonds. The quantitative estimate of drug-likeness (QED) is 0.815. The van der Waals surface area contributed by atoms with E-state index in [1.54, 1.807) is 6.92 Å².